The zero-order valence-corrected chi connectivity index (χ0v) is 8.27. The Morgan fingerprint density at radius 1 is 1.67 bits per heavy atom. The number of halogens is 1. The number of hydrogen-bond donors (Lipinski definition) is 1. The van der Waals surface area contributed by atoms with Crippen LogP contribution in [0.3, 0.4) is 0 Å². The Labute approximate surface area is 89.7 Å². The van der Waals surface area contributed by atoms with Crippen molar-refractivity contribution in [3.05, 3.63) is 38.7 Å². The van der Waals surface area contributed by atoms with Crippen molar-refractivity contribution in [1.29, 1.82) is 0 Å². The number of nitrogens with zero attached hydrogens (tertiary/aromatic N) is 2. The van der Waals surface area contributed by atoms with E-state index in [4.69, 9.17) is 16.7 Å². The molecule has 80 valence electrons. The van der Waals surface area contributed by atoms with Crippen LogP contribution in [0.5, 0.6) is 0 Å². The Hall–Kier alpha value is -1.69. The summed E-state index contributed by atoms with van der Waals surface area (Å²) in [5.74, 6) is -1.14. The molecule has 0 radical (unpaired) electrons. The van der Waals surface area contributed by atoms with Crippen LogP contribution in [0.4, 0.5) is 0 Å². The molecule has 0 saturated heterocycles. The summed E-state index contributed by atoms with van der Waals surface area (Å²) in [6.45, 7) is -0.301. The quantitative estimate of drug-likeness (QED) is 0.477. The average Bonchev–Trinajstić information content (AvgIpc) is 2.16. The van der Waals surface area contributed by atoms with Crippen molar-refractivity contribution < 1.29 is 14.8 Å². The van der Waals surface area contributed by atoms with Gasteiger partial charge in [0.25, 0.3) is 0 Å². The number of hydrogen-bond acceptors (Lipinski definition) is 4. The van der Waals surface area contributed by atoms with Crippen LogP contribution in [0.2, 0.25) is 5.15 Å². The van der Waals surface area contributed by atoms with Gasteiger partial charge in [-0.2, -0.15) is 0 Å². The smallest absolute Gasteiger partial charge is 0.337 e. The van der Waals surface area contributed by atoms with Gasteiger partial charge in [-0.3, -0.25) is 10.1 Å². The summed E-state index contributed by atoms with van der Waals surface area (Å²) in [5.41, 5.74) is 0.339. The van der Waals surface area contributed by atoms with E-state index in [9.17, 15) is 14.9 Å². The van der Waals surface area contributed by atoms with Crippen LogP contribution in [-0.2, 0) is 6.42 Å². The van der Waals surface area contributed by atoms with Gasteiger partial charge in [0.15, 0.2) is 0 Å². The van der Waals surface area contributed by atoms with Crippen LogP contribution >= 0.6 is 11.6 Å². The maximum Gasteiger partial charge on any atom is 0.337 e. The van der Waals surface area contributed by atoms with E-state index in [-0.39, 0.29) is 23.7 Å². The zero-order chi connectivity index (χ0) is 11.4. The normalized spacial score (nSPS) is 9.93. The molecule has 7 heteroatoms. The Bertz CT molecular complexity index is 408. The van der Waals surface area contributed by atoms with Gasteiger partial charge < -0.3 is 5.11 Å². The first-order valence-electron chi connectivity index (χ1n) is 4.00. The highest BCUT2D eigenvalue weighted by atomic mass is 35.5. The van der Waals surface area contributed by atoms with E-state index in [1.54, 1.807) is 0 Å². The molecule has 0 saturated carbocycles. The monoisotopic (exact) mass is 230 g/mol. The molecule has 0 bridgehead atoms. The Balaban J connectivity index is 2.90. The molecule has 1 aromatic rings. The molecule has 15 heavy (non-hydrogen) atoms. The van der Waals surface area contributed by atoms with E-state index in [0.717, 1.165) is 6.20 Å². The van der Waals surface area contributed by atoms with Gasteiger partial charge in [0, 0.05) is 17.5 Å². The topological polar surface area (TPSA) is 93.3 Å². The SMILES string of the molecule is O=C(O)c1cnc(Cl)c(CC[N+](=O)[O-])c1. The summed E-state index contributed by atoms with van der Waals surface area (Å²) in [5, 5.41) is 18.9. The number of aromatic nitrogens is 1. The number of carboxylic acid groups (broad SMARTS) is 1. The number of carbonyl (C=O) groups is 1. The molecular weight excluding hydrogens is 224 g/mol. The van der Waals surface area contributed by atoms with Gasteiger partial charge in [0.1, 0.15) is 5.15 Å². The highest BCUT2D eigenvalue weighted by molar-refractivity contribution is 6.30. The van der Waals surface area contributed by atoms with Gasteiger partial charge in [-0.1, -0.05) is 11.6 Å². The van der Waals surface area contributed by atoms with Crippen molar-refractivity contribution in [2.75, 3.05) is 6.54 Å². The number of nitro groups is 1. The second-order valence-electron chi connectivity index (χ2n) is 2.79. The summed E-state index contributed by atoms with van der Waals surface area (Å²) < 4.78 is 0. The number of rotatable bonds is 4. The van der Waals surface area contributed by atoms with Crippen LogP contribution in [0, 0.1) is 10.1 Å². The van der Waals surface area contributed by atoms with E-state index < -0.39 is 10.9 Å². The van der Waals surface area contributed by atoms with Gasteiger partial charge >= 0.3 is 5.97 Å². The molecule has 6 nitrogen and oxygen atoms in total. The van der Waals surface area contributed by atoms with Crippen LogP contribution in [-0.4, -0.2) is 27.5 Å². The molecule has 0 spiro atoms. The molecule has 0 aliphatic heterocycles. The lowest BCUT2D eigenvalue weighted by atomic mass is 10.1. The third kappa shape index (κ3) is 3.17. The van der Waals surface area contributed by atoms with Crippen molar-refractivity contribution in [2.45, 2.75) is 6.42 Å². The Kier molecular flexibility index (Phi) is 3.56. The minimum atomic E-state index is -1.14. The maximum atomic E-state index is 10.6. The van der Waals surface area contributed by atoms with E-state index in [0.29, 0.717) is 5.56 Å². The zero-order valence-electron chi connectivity index (χ0n) is 7.51. The molecule has 0 fully saturated rings. The van der Waals surface area contributed by atoms with E-state index in [1.165, 1.54) is 6.07 Å². The predicted octanol–water partition coefficient (Wildman–Crippen LogP) is 1.25. The van der Waals surface area contributed by atoms with Crippen LogP contribution in [0.25, 0.3) is 0 Å². The first-order valence-corrected chi connectivity index (χ1v) is 4.38. The fraction of sp³-hybridized carbons (Fsp3) is 0.250. The standard InChI is InChI=1S/C8H7ClN2O4/c9-7-5(1-2-11(14)15)3-6(4-10-7)8(12)13/h3-4H,1-2H2,(H,12,13). The van der Waals surface area contributed by atoms with Crippen molar-refractivity contribution in [1.82, 2.24) is 4.98 Å². The van der Waals surface area contributed by atoms with Gasteiger partial charge in [0.05, 0.1) is 5.56 Å². The molecule has 1 heterocycles. The van der Waals surface area contributed by atoms with Crippen LogP contribution in [0.15, 0.2) is 12.3 Å². The molecule has 1 N–H and O–H groups in total. The molecule has 0 aliphatic rings. The second kappa shape index (κ2) is 4.70. The lowest BCUT2D eigenvalue weighted by Gasteiger charge is -2.01. The van der Waals surface area contributed by atoms with Gasteiger partial charge in [-0.25, -0.2) is 9.78 Å². The predicted molar refractivity (Wildman–Crippen MR) is 51.8 cm³/mol. The van der Waals surface area contributed by atoms with Crippen molar-refractivity contribution >= 4 is 17.6 Å². The van der Waals surface area contributed by atoms with E-state index in [1.807, 2.05) is 0 Å². The molecule has 0 atom stereocenters. The summed E-state index contributed by atoms with van der Waals surface area (Å²) >= 11 is 5.66. The second-order valence-corrected chi connectivity index (χ2v) is 3.14. The Morgan fingerprint density at radius 2 is 2.33 bits per heavy atom. The summed E-state index contributed by atoms with van der Waals surface area (Å²) in [4.78, 5) is 23.9. The number of carboxylic acids is 1. The maximum absolute atomic E-state index is 10.6. The van der Waals surface area contributed by atoms with E-state index in [2.05, 4.69) is 4.98 Å². The molecule has 0 aliphatic carbocycles. The third-order valence-electron chi connectivity index (χ3n) is 1.72. The lowest BCUT2D eigenvalue weighted by Crippen LogP contribution is -2.06. The highest BCUT2D eigenvalue weighted by Crippen LogP contribution is 2.15. The summed E-state index contributed by atoms with van der Waals surface area (Å²) in [7, 11) is 0. The first-order chi connectivity index (χ1) is 7.00. The number of pyridine rings is 1. The minimum Gasteiger partial charge on any atom is -0.478 e. The first kappa shape index (κ1) is 11.4. The third-order valence-corrected chi connectivity index (χ3v) is 2.06. The fourth-order valence-corrected chi connectivity index (χ4v) is 1.20. The molecule has 0 amide bonds. The number of aromatic carboxylic acids is 1. The van der Waals surface area contributed by atoms with Crippen molar-refractivity contribution in [2.24, 2.45) is 0 Å². The minimum absolute atomic E-state index is 0.0299. The molecule has 0 unspecified atom stereocenters. The summed E-state index contributed by atoms with van der Waals surface area (Å²) in [6.07, 6.45) is 1.18. The molecular formula is C8H7ClN2O4. The van der Waals surface area contributed by atoms with Gasteiger partial charge in [0.2, 0.25) is 6.54 Å². The molecule has 0 aromatic carbocycles. The molecule has 1 rings (SSSR count). The Morgan fingerprint density at radius 3 is 2.87 bits per heavy atom. The lowest BCUT2D eigenvalue weighted by molar-refractivity contribution is -0.479. The molecule has 1 aromatic heterocycles. The van der Waals surface area contributed by atoms with Crippen molar-refractivity contribution in [3.63, 3.8) is 0 Å². The highest BCUT2D eigenvalue weighted by Gasteiger charge is 2.10. The largest absolute Gasteiger partial charge is 0.478 e. The van der Waals surface area contributed by atoms with Crippen LogP contribution in [0.1, 0.15) is 15.9 Å². The fourth-order valence-electron chi connectivity index (χ4n) is 0.998. The van der Waals surface area contributed by atoms with E-state index >= 15 is 0 Å². The van der Waals surface area contributed by atoms with Crippen molar-refractivity contribution in [3.8, 4) is 0 Å². The van der Waals surface area contributed by atoms with Gasteiger partial charge in [-0.15, -0.1) is 0 Å². The van der Waals surface area contributed by atoms with Gasteiger partial charge in [-0.05, 0) is 11.6 Å². The average molecular weight is 231 g/mol. The van der Waals surface area contributed by atoms with Crippen LogP contribution < -0.4 is 0 Å². The summed E-state index contributed by atoms with van der Waals surface area (Å²) in [6, 6.07) is 1.29.